The average Bonchev–Trinajstić information content (AvgIpc) is 2.32. The standard InChI is InChI=1S/C10H18ClN5O/c1-3-5-12-9-14-8(11)15-10(16-9)13-7(4-2)6-17/h7,17H,3-6H2,1-2H3,(H2,12,13,14,15,16). The van der Waals surface area contributed by atoms with E-state index in [2.05, 4.69) is 25.6 Å². The minimum absolute atomic E-state index is 0.0253. The maximum Gasteiger partial charge on any atom is 0.229 e. The average molecular weight is 260 g/mol. The van der Waals surface area contributed by atoms with Crippen molar-refractivity contribution in [3.05, 3.63) is 5.28 Å². The zero-order valence-electron chi connectivity index (χ0n) is 10.1. The van der Waals surface area contributed by atoms with Crippen LogP contribution in [0.5, 0.6) is 0 Å². The summed E-state index contributed by atoms with van der Waals surface area (Å²) >= 11 is 5.79. The Morgan fingerprint density at radius 2 is 1.94 bits per heavy atom. The molecule has 96 valence electrons. The Bertz CT molecular complexity index is 345. The molecule has 1 rings (SSSR count). The van der Waals surface area contributed by atoms with Crippen LogP contribution in [0.1, 0.15) is 26.7 Å². The summed E-state index contributed by atoms with van der Waals surface area (Å²) in [6.07, 6.45) is 1.75. The van der Waals surface area contributed by atoms with Crippen molar-refractivity contribution in [3.63, 3.8) is 0 Å². The lowest BCUT2D eigenvalue weighted by Crippen LogP contribution is -2.24. The third-order valence-electron chi connectivity index (χ3n) is 2.19. The number of hydrogen-bond acceptors (Lipinski definition) is 6. The summed E-state index contributed by atoms with van der Waals surface area (Å²) < 4.78 is 0. The molecule has 6 nitrogen and oxygen atoms in total. The van der Waals surface area contributed by atoms with Gasteiger partial charge in [-0.05, 0) is 24.4 Å². The van der Waals surface area contributed by atoms with Crippen molar-refractivity contribution in [1.82, 2.24) is 15.0 Å². The van der Waals surface area contributed by atoms with Crippen LogP contribution < -0.4 is 10.6 Å². The number of aromatic nitrogens is 3. The number of aliphatic hydroxyl groups is 1. The highest BCUT2D eigenvalue weighted by atomic mass is 35.5. The van der Waals surface area contributed by atoms with Crippen LogP contribution in [-0.4, -0.2) is 39.3 Å². The molecule has 0 aliphatic rings. The molecule has 0 aliphatic carbocycles. The van der Waals surface area contributed by atoms with E-state index in [1.165, 1.54) is 0 Å². The molecule has 0 fully saturated rings. The van der Waals surface area contributed by atoms with Crippen LogP contribution in [0, 0.1) is 0 Å². The van der Waals surface area contributed by atoms with Gasteiger partial charge in [-0.2, -0.15) is 15.0 Å². The van der Waals surface area contributed by atoms with Crippen molar-refractivity contribution >= 4 is 23.5 Å². The number of hydrogen-bond donors (Lipinski definition) is 3. The molecule has 1 heterocycles. The maximum atomic E-state index is 9.09. The molecule has 17 heavy (non-hydrogen) atoms. The SMILES string of the molecule is CCCNc1nc(Cl)nc(NC(CC)CO)n1. The largest absolute Gasteiger partial charge is 0.394 e. The van der Waals surface area contributed by atoms with Gasteiger partial charge in [0, 0.05) is 6.54 Å². The minimum Gasteiger partial charge on any atom is -0.394 e. The molecule has 0 saturated heterocycles. The second kappa shape index (κ2) is 7.24. The Kier molecular flexibility index (Phi) is 5.93. The fourth-order valence-electron chi connectivity index (χ4n) is 1.19. The summed E-state index contributed by atoms with van der Waals surface area (Å²) in [5.41, 5.74) is 0. The molecule has 1 aromatic heterocycles. The van der Waals surface area contributed by atoms with Gasteiger partial charge in [0.25, 0.3) is 0 Å². The molecule has 0 aliphatic heterocycles. The number of anilines is 2. The van der Waals surface area contributed by atoms with E-state index in [4.69, 9.17) is 16.7 Å². The van der Waals surface area contributed by atoms with Gasteiger partial charge in [-0.15, -0.1) is 0 Å². The lowest BCUT2D eigenvalue weighted by atomic mass is 10.2. The molecule has 0 spiro atoms. The molecular weight excluding hydrogens is 242 g/mol. The first kappa shape index (κ1) is 13.9. The zero-order valence-corrected chi connectivity index (χ0v) is 10.8. The van der Waals surface area contributed by atoms with E-state index in [1.807, 2.05) is 13.8 Å². The second-order valence-electron chi connectivity index (χ2n) is 3.61. The summed E-state index contributed by atoms with van der Waals surface area (Å²) in [6.45, 7) is 4.81. The molecule has 0 amide bonds. The molecule has 0 saturated carbocycles. The Balaban J connectivity index is 2.74. The van der Waals surface area contributed by atoms with Crippen molar-refractivity contribution in [1.29, 1.82) is 0 Å². The van der Waals surface area contributed by atoms with E-state index < -0.39 is 0 Å². The molecule has 0 aromatic carbocycles. The Morgan fingerprint density at radius 1 is 1.24 bits per heavy atom. The van der Waals surface area contributed by atoms with Crippen LogP contribution >= 0.6 is 11.6 Å². The van der Waals surface area contributed by atoms with Crippen LogP contribution in [0.3, 0.4) is 0 Å². The van der Waals surface area contributed by atoms with Gasteiger partial charge in [-0.25, -0.2) is 0 Å². The van der Waals surface area contributed by atoms with Gasteiger partial charge < -0.3 is 15.7 Å². The first-order valence-corrected chi connectivity index (χ1v) is 6.10. The summed E-state index contributed by atoms with van der Waals surface area (Å²) in [5, 5.41) is 15.3. The Morgan fingerprint density at radius 3 is 2.53 bits per heavy atom. The third-order valence-corrected chi connectivity index (χ3v) is 2.36. The van der Waals surface area contributed by atoms with E-state index in [1.54, 1.807) is 0 Å². The van der Waals surface area contributed by atoms with Crippen LogP contribution in [0.15, 0.2) is 0 Å². The topological polar surface area (TPSA) is 83.0 Å². The van der Waals surface area contributed by atoms with E-state index >= 15 is 0 Å². The molecule has 1 aromatic rings. The van der Waals surface area contributed by atoms with Gasteiger partial charge in [-0.3, -0.25) is 0 Å². The normalized spacial score (nSPS) is 12.2. The molecule has 1 unspecified atom stereocenters. The van der Waals surface area contributed by atoms with Crippen molar-refractivity contribution in [2.45, 2.75) is 32.7 Å². The van der Waals surface area contributed by atoms with Crippen LogP contribution in [0.25, 0.3) is 0 Å². The fourth-order valence-corrected chi connectivity index (χ4v) is 1.35. The van der Waals surface area contributed by atoms with Gasteiger partial charge in [0.1, 0.15) is 0 Å². The number of nitrogens with zero attached hydrogens (tertiary/aromatic N) is 3. The number of aliphatic hydroxyl groups excluding tert-OH is 1. The molecule has 7 heteroatoms. The van der Waals surface area contributed by atoms with Crippen molar-refractivity contribution < 1.29 is 5.11 Å². The van der Waals surface area contributed by atoms with Gasteiger partial charge in [-0.1, -0.05) is 13.8 Å². The van der Waals surface area contributed by atoms with Gasteiger partial charge in [0.2, 0.25) is 17.2 Å². The Labute approximate surface area is 106 Å². The van der Waals surface area contributed by atoms with Crippen molar-refractivity contribution in [3.8, 4) is 0 Å². The lowest BCUT2D eigenvalue weighted by Gasteiger charge is -2.14. The first-order chi connectivity index (χ1) is 8.19. The van der Waals surface area contributed by atoms with Crippen molar-refractivity contribution in [2.24, 2.45) is 0 Å². The van der Waals surface area contributed by atoms with E-state index in [-0.39, 0.29) is 17.9 Å². The van der Waals surface area contributed by atoms with Gasteiger partial charge in [0.15, 0.2) is 0 Å². The minimum atomic E-state index is -0.0764. The smallest absolute Gasteiger partial charge is 0.229 e. The van der Waals surface area contributed by atoms with Crippen LogP contribution in [0.4, 0.5) is 11.9 Å². The highest BCUT2D eigenvalue weighted by Gasteiger charge is 2.09. The zero-order chi connectivity index (χ0) is 12.7. The Hall–Kier alpha value is -1.14. The molecule has 3 N–H and O–H groups in total. The highest BCUT2D eigenvalue weighted by molar-refractivity contribution is 6.28. The summed E-state index contributed by atoms with van der Waals surface area (Å²) in [4.78, 5) is 12.1. The predicted molar refractivity (Wildman–Crippen MR) is 68.4 cm³/mol. The first-order valence-electron chi connectivity index (χ1n) is 5.72. The summed E-state index contributed by atoms with van der Waals surface area (Å²) in [7, 11) is 0. The second-order valence-corrected chi connectivity index (χ2v) is 3.95. The summed E-state index contributed by atoms with van der Waals surface area (Å²) in [5.74, 6) is 0.826. The molecule has 0 radical (unpaired) electrons. The van der Waals surface area contributed by atoms with Crippen molar-refractivity contribution in [2.75, 3.05) is 23.8 Å². The number of halogens is 1. The van der Waals surface area contributed by atoms with E-state index in [0.29, 0.717) is 11.9 Å². The van der Waals surface area contributed by atoms with Crippen LogP contribution in [-0.2, 0) is 0 Å². The number of nitrogens with one attached hydrogen (secondary N) is 2. The van der Waals surface area contributed by atoms with Gasteiger partial charge in [0.05, 0.1) is 12.6 Å². The highest BCUT2D eigenvalue weighted by Crippen LogP contribution is 2.11. The van der Waals surface area contributed by atoms with Crippen LogP contribution in [0.2, 0.25) is 5.28 Å². The number of rotatable bonds is 7. The molecular formula is C10H18ClN5O. The maximum absolute atomic E-state index is 9.09. The quantitative estimate of drug-likeness (QED) is 0.689. The van der Waals surface area contributed by atoms with Gasteiger partial charge >= 0.3 is 0 Å². The fraction of sp³-hybridized carbons (Fsp3) is 0.700. The predicted octanol–water partition coefficient (Wildman–Crippen LogP) is 1.53. The third kappa shape index (κ3) is 4.70. The van der Waals surface area contributed by atoms with E-state index in [0.717, 1.165) is 19.4 Å². The lowest BCUT2D eigenvalue weighted by molar-refractivity contribution is 0.271. The molecule has 1 atom stereocenters. The monoisotopic (exact) mass is 259 g/mol. The summed E-state index contributed by atoms with van der Waals surface area (Å²) in [6, 6.07) is -0.0764. The van der Waals surface area contributed by atoms with E-state index in [9.17, 15) is 0 Å². The molecule has 0 bridgehead atoms.